The third-order valence-electron chi connectivity index (χ3n) is 3.72. The fraction of sp³-hybridized carbons (Fsp3) is 0.500. The first-order valence-corrected chi connectivity index (χ1v) is 7.81. The maximum atomic E-state index is 12.3. The van der Waals surface area contributed by atoms with E-state index in [1.165, 1.54) is 6.42 Å². The molecular weight excluding hydrogens is 288 g/mol. The zero-order valence-electron chi connectivity index (χ0n) is 12.2. The number of carbonyl (C=O) groups is 2. The first-order valence-electron chi connectivity index (χ1n) is 7.38. The second kappa shape index (κ2) is 7.46. The summed E-state index contributed by atoms with van der Waals surface area (Å²) in [6, 6.07) is 8.59. The highest BCUT2D eigenvalue weighted by atomic mass is 35.5. The summed E-state index contributed by atoms with van der Waals surface area (Å²) in [6.07, 6.45) is 3.24. The monoisotopic (exact) mass is 308 g/mol. The molecule has 5 heteroatoms. The van der Waals surface area contributed by atoms with E-state index in [2.05, 4.69) is 5.32 Å². The van der Waals surface area contributed by atoms with Gasteiger partial charge in [-0.1, -0.05) is 30.3 Å². The number of piperidine rings is 1. The summed E-state index contributed by atoms with van der Waals surface area (Å²) in [4.78, 5) is 26.2. The Balaban J connectivity index is 1.90. The lowest BCUT2D eigenvalue weighted by atomic mass is 10.1. The summed E-state index contributed by atoms with van der Waals surface area (Å²) in [6.45, 7) is 3.27. The Morgan fingerprint density at radius 2 is 1.76 bits per heavy atom. The number of likely N-dealkylation sites (tertiary alicyclic amines) is 1. The van der Waals surface area contributed by atoms with Crippen LogP contribution >= 0.6 is 11.6 Å². The van der Waals surface area contributed by atoms with E-state index in [0.717, 1.165) is 31.5 Å². The van der Waals surface area contributed by atoms with Crippen LogP contribution < -0.4 is 5.32 Å². The van der Waals surface area contributed by atoms with E-state index < -0.39 is 11.4 Å². The van der Waals surface area contributed by atoms with Crippen molar-refractivity contribution >= 4 is 23.4 Å². The molecule has 114 valence electrons. The zero-order chi connectivity index (χ0) is 15.2. The van der Waals surface area contributed by atoms with Gasteiger partial charge < -0.3 is 10.2 Å². The highest BCUT2D eigenvalue weighted by Crippen LogP contribution is 2.20. The van der Waals surface area contributed by atoms with Crippen LogP contribution in [-0.2, 0) is 9.59 Å². The van der Waals surface area contributed by atoms with E-state index >= 15 is 0 Å². The number of hydrogen-bond donors (Lipinski definition) is 1. The first kappa shape index (κ1) is 15.8. The van der Waals surface area contributed by atoms with Crippen molar-refractivity contribution < 1.29 is 9.59 Å². The molecule has 0 radical (unpaired) electrons. The predicted molar refractivity (Wildman–Crippen MR) is 83.1 cm³/mol. The second-order valence-corrected chi connectivity index (χ2v) is 5.83. The van der Waals surface area contributed by atoms with E-state index in [0.29, 0.717) is 0 Å². The molecule has 4 nitrogen and oxygen atoms in total. The molecule has 1 fully saturated rings. The predicted octanol–water partition coefficient (Wildman–Crippen LogP) is 2.48. The molecular formula is C16H21ClN2O2. The quantitative estimate of drug-likeness (QED) is 0.869. The molecule has 0 aliphatic carbocycles. The number of nitrogens with one attached hydrogen (secondary N) is 1. The SMILES string of the molecule is CC(NC(=O)C(Cl)c1ccccc1)C(=O)N1CCCCC1. The molecule has 0 saturated carbocycles. The van der Waals surface area contributed by atoms with Crippen LogP contribution in [0, 0.1) is 0 Å². The maximum absolute atomic E-state index is 12.3. The Morgan fingerprint density at radius 3 is 2.38 bits per heavy atom. The van der Waals surface area contributed by atoms with Crippen LogP contribution in [0.25, 0.3) is 0 Å². The molecule has 1 aromatic rings. The molecule has 1 aliphatic heterocycles. The second-order valence-electron chi connectivity index (χ2n) is 5.39. The Kier molecular flexibility index (Phi) is 5.62. The third kappa shape index (κ3) is 4.21. The lowest BCUT2D eigenvalue weighted by Crippen LogP contribution is -2.49. The summed E-state index contributed by atoms with van der Waals surface area (Å²) in [5.41, 5.74) is 0.731. The van der Waals surface area contributed by atoms with Gasteiger partial charge in [-0.25, -0.2) is 0 Å². The van der Waals surface area contributed by atoms with Crippen LogP contribution in [0.5, 0.6) is 0 Å². The van der Waals surface area contributed by atoms with Crippen molar-refractivity contribution in [1.29, 1.82) is 0 Å². The molecule has 2 rings (SSSR count). The van der Waals surface area contributed by atoms with Gasteiger partial charge in [0.25, 0.3) is 0 Å². The number of hydrogen-bond acceptors (Lipinski definition) is 2. The van der Waals surface area contributed by atoms with E-state index in [1.807, 2.05) is 23.1 Å². The van der Waals surface area contributed by atoms with E-state index in [9.17, 15) is 9.59 Å². The summed E-state index contributed by atoms with van der Waals surface area (Å²) >= 11 is 6.15. The van der Waals surface area contributed by atoms with Crippen molar-refractivity contribution in [2.45, 2.75) is 37.6 Å². The highest BCUT2D eigenvalue weighted by Gasteiger charge is 2.26. The van der Waals surface area contributed by atoms with Gasteiger partial charge in [-0.2, -0.15) is 0 Å². The van der Waals surface area contributed by atoms with Crippen LogP contribution in [0.1, 0.15) is 37.1 Å². The van der Waals surface area contributed by atoms with E-state index in [-0.39, 0.29) is 11.8 Å². The normalized spacial score (nSPS) is 17.9. The number of rotatable bonds is 4. The van der Waals surface area contributed by atoms with Crippen molar-refractivity contribution in [3.05, 3.63) is 35.9 Å². The van der Waals surface area contributed by atoms with Crippen LogP contribution in [0.2, 0.25) is 0 Å². The van der Waals surface area contributed by atoms with Crippen molar-refractivity contribution in [3.8, 4) is 0 Å². The lowest BCUT2D eigenvalue weighted by Gasteiger charge is -2.29. The molecule has 1 N–H and O–H groups in total. The summed E-state index contributed by atoms with van der Waals surface area (Å²) in [5, 5.41) is 1.94. The molecule has 2 amide bonds. The van der Waals surface area contributed by atoms with Crippen molar-refractivity contribution in [3.63, 3.8) is 0 Å². The van der Waals surface area contributed by atoms with Crippen molar-refractivity contribution in [2.75, 3.05) is 13.1 Å². The summed E-state index contributed by atoms with van der Waals surface area (Å²) < 4.78 is 0. The number of amides is 2. The maximum Gasteiger partial charge on any atom is 0.244 e. The molecule has 0 bridgehead atoms. The molecule has 21 heavy (non-hydrogen) atoms. The van der Waals surface area contributed by atoms with Crippen LogP contribution in [0.4, 0.5) is 0 Å². The lowest BCUT2D eigenvalue weighted by molar-refractivity contribution is -0.136. The van der Waals surface area contributed by atoms with Gasteiger partial charge in [-0.15, -0.1) is 11.6 Å². The Hall–Kier alpha value is -1.55. The number of carbonyl (C=O) groups excluding carboxylic acids is 2. The van der Waals surface area contributed by atoms with Gasteiger partial charge in [-0.3, -0.25) is 9.59 Å². The van der Waals surface area contributed by atoms with Crippen LogP contribution in [0.15, 0.2) is 30.3 Å². The van der Waals surface area contributed by atoms with Crippen LogP contribution in [-0.4, -0.2) is 35.8 Å². The minimum absolute atomic E-state index is 0.0278. The van der Waals surface area contributed by atoms with Gasteiger partial charge in [0, 0.05) is 13.1 Å². The minimum atomic E-state index is -0.775. The van der Waals surface area contributed by atoms with Gasteiger partial charge >= 0.3 is 0 Å². The Morgan fingerprint density at radius 1 is 1.14 bits per heavy atom. The topological polar surface area (TPSA) is 49.4 Å². The zero-order valence-corrected chi connectivity index (χ0v) is 13.0. The Labute approximate surface area is 130 Å². The molecule has 2 unspecified atom stereocenters. The standard InChI is InChI=1S/C16H21ClN2O2/c1-12(16(21)19-10-6-3-7-11-19)18-15(20)14(17)13-8-4-2-5-9-13/h2,4-5,8-9,12,14H,3,6-7,10-11H2,1H3,(H,18,20). The summed E-state index contributed by atoms with van der Waals surface area (Å²) in [5.74, 6) is -0.360. The number of nitrogens with zero attached hydrogens (tertiary/aromatic N) is 1. The van der Waals surface area contributed by atoms with Crippen LogP contribution in [0.3, 0.4) is 0 Å². The van der Waals surface area contributed by atoms with Gasteiger partial charge in [0.05, 0.1) is 0 Å². The fourth-order valence-electron chi connectivity index (χ4n) is 2.51. The molecule has 1 saturated heterocycles. The van der Waals surface area contributed by atoms with Gasteiger partial charge in [-0.05, 0) is 31.7 Å². The van der Waals surface area contributed by atoms with Gasteiger partial charge in [0.15, 0.2) is 0 Å². The average Bonchev–Trinajstić information content (AvgIpc) is 2.55. The van der Waals surface area contributed by atoms with Crippen molar-refractivity contribution in [2.24, 2.45) is 0 Å². The minimum Gasteiger partial charge on any atom is -0.343 e. The number of benzene rings is 1. The fourth-order valence-corrected chi connectivity index (χ4v) is 2.72. The van der Waals surface area contributed by atoms with E-state index in [4.69, 9.17) is 11.6 Å². The molecule has 1 heterocycles. The molecule has 2 atom stereocenters. The largest absolute Gasteiger partial charge is 0.343 e. The number of halogens is 1. The van der Waals surface area contributed by atoms with Gasteiger partial charge in [0.2, 0.25) is 11.8 Å². The van der Waals surface area contributed by atoms with Gasteiger partial charge in [0.1, 0.15) is 11.4 Å². The average molecular weight is 309 g/mol. The number of alkyl halides is 1. The smallest absolute Gasteiger partial charge is 0.244 e. The molecule has 0 spiro atoms. The highest BCUT2D eigenvalue weighted by molar-refractivity contribution is 6.30. The summed E-state index contributed by atoms with van der Waals surface area (Å²) in [7, 11) is 0. The first-order chi connectivity index (χ1) is 10.1. The third-order valence-corrected chi connectivity index (χ3v) is 4.17. The molecule has 1 aromatic carbocycles. The van der Waals surface area contributed by atoms with Crippen molar-refractivity contribution in [1.82, 2.24) is 10.2 Å². The molecule has 1 aliphatic rings. The van der Waals surface area contributed by atoms with E-state index in [1.54, 1.807) is 19.1 Å². The molecule has 0 aromatic heterocycles. The Bertz CT molecular complexity index is 486.